The van der Waals surface area contributed by atoms with Gasteiger partial charge < -0.3 is 10.2 Å². The highest BCUT2D eigenvalue weighted by molar-refractivity contribution is 5.78. The number of hydrogen-bond donors (Lipinski definition) is 1. The average molecular weight is 315 g/mol. The van der Waals surface area contributed by atoms with Gasteiger partial charge in [-0.25, -0.2) is 0 Å². The quantitative estimate of drug-likeness (QED) is 0.923. The van der Waals surface area contributed by atoms with Crippen molar-refractivity contribution in [2.75, 3.05) is 39.8 Å². The molecule has 2 aliphatic rings. The maximum atomic E-state index is 12.7. The van der Waals surface area contributed by atoms with Crippen LogP contribution in [0.5, 0.6) is 0 Å². The molecule has 126 valence electrons. The maximum absolute atomic E-state index is 12.7. The number of carbonyl (C=O) groups is 1. The van der Waals surface area contributed by atoms with Crippen molar-refractivity contribution in [1.82, 2.24) is 15.1 Å². The molecule has 2 heterocycles. The third-order valence-corrected chi connectivity index (χ3v) is 5.32. The van der Waals surface area contributed by atoms with Crippen LogP contribution in [0.1, 0.15) is 30.4 Å². The summed E-state index contributed by atoms with van der Waals surface area (Å²) in [6.45, 7) is 7.49. The van der Waals surface area contributed by atoms with Crippen molar-refractivity contribution in [3.63, 3.8) is 0 Å². The molecule has 3 rings (SSSR count). The minimum absolute atomic E-state index is 0.283. The number of benzene rings is 1. The summed E-state index contributed by atoms with van der Waals surface area (Å²) in [7, 11) is 2.04. The minimum Gasteiger partial charge on any atom is -0.341 e. The summed E-state index contributed by atoms with van der Waals surface area (Å²) >= 11 is 0. The molecule has 1 amide bonds. The predicted molar refractivity (Wildman–Crippen MR) is 93.2 cm³/mol. The topological polar surface area (TPSA) is 35.6 Å². The molecule has 2 aliphatic heterocycles. The second-order valence-electron chi connectivity index (χ2n) is 7.50. The van der Waals surface area contributed by atoms with Gasteiger partial charge in [-0.3, -0.25) is 9.69 Å². The van der Waals surface area contributed by atoms with Gasteiger partial charge in [0.15, 0.2) is 0 Å². The molecule has 0 bridgehead atoms. The molecule has 1 atom stereocenters. The molecule has 1 spiro atoms. The number of piperidine rings is 1. The van der Waals surface area contributed by atoms with Gasteiger partial charge in [-0.2, -0.15) is 0 Å². The second kappa shape index (κ2) is 7.02. The number of carbonyl (C=O) groups excluding carboxylic acids is 1. The minimum atomic E-state index is 0.283. The van der Waals surface area contributed by atoms with E-state index in [0.29, 0.717) is 12.0 Å². The van der Waals surface area contributed by atoms with Crippen LogP contribution in [-0.4, -0.2) is 55.5 Å². The van der Waals surface area contributed by atoms with Gasteiger partial charge in [0.2, 0.25) is 5.91 Å². The Hall–Kier alpha value is -1.39. The molecule has 2 saturated heterocycles. The average Bonchev–Trinajstić information content (AvgIpc) is 2.97. The van der Waals surface area contributed by atoms with Gasteiger partial charge in [0.05, 0.1) is 6.54 Å². The fourth-order valence-electron chi connectivity index (χ4n) is 3.96. The first kappa shape index (κ1) is 16.5. The van der Waals surface area contributed by atoms with Crippen molar-refractivity contribution < 1.29 is 4.79 Å². The van der Waals surface area contributed by atoms with E-state index in [0.717, 1.165) is 39.1 Å². The van der Waals surface area contributed by atoms with Crippen molar-refractivity contribution >= 4 is 5.91 Å². The van der Waals surface area contributed by atoms with Crippen molar-refractivity contribution in [2.24, 2.45) is 5.41 Å². The Labute approximate surface area is 139 Å². The Morgan fingerprint density at radius 3 is 2.78 bits per heavy atom. The lowest BCUT2D eigenvalue weighted by Crippen LogP contribution is -2.49. The van der Waals surface area contributed by atoms with E-state index in [1.807, 2.05) is 7.05 Å². The van der Waals surface area contributed by atoms with Crippen LogP contribution in [0.3, 0.4) is 0 Å². The molecule has 0 aliphatic carbocycles. The molecule has 1 N–H and O–H groups in total. The zero-order valence-corrected chi connectivity index (χ0v) is 14.5. The van der Waals surface area contributed by atoms with Crippen LogP contribution in [0.25, 0.3) is 0 Å². The number of likely N-dealkylation sites (N-methyl/N-ethyl adjacent to an activating group) is 1. The number of amides is 1. The van der Waals surface area contributed by atoms with Crippen LogP contribution in [0.4, 0.5) is 0 Å². The van der Waals surface area contributed by atoms with Gasteiger partial charge in [-0.05, 0) is 45.3 Å². The Balaban J connectivity index is 1.52. The molecular formula is C19H29N3O. The summed E-state index contributed by atoms with van der Waals surface area (Å²) in [5.74, 6) is 0.283. The van der Waals surface area contributed by atoms with Crippen molar-refractivity contribution in [3.05, 3.63) is 35.4 Å². The summed E-state index contributed by atoms with van der Waals surface area (Å²) in [4.78, 5) is 16.9. The summed E-state index contributed by atoms with van der Waals surface area (Å²) in [6.07, 6.45) is 3.63. The van der Waals surface area contributed by atoms with Crippen LogP contribution < -0.4 is 5.32 Å². The highest BCUT2D eigenvalue weighted by atomic mass is 16.2. The molecule has 4 heteroatoms. The third-order valence-electron chi connectivity index (χ3n) is 5.32. The SMILES string of the molecule is Cc1ccc(CN(C)CC(=O)N2CCC[C@]3(CCNC3)C2)cc1. The largest absolute Gasteiger partial charge is 0.341 e. The second-order valence-corrected chi connectivity index (χ2v) is 7.50. The molecule has 0 saturated carbocycles. The summed E-state index contributed by atoms with van der Waals surface area (Å²) in [6, 6.07) is 8.56. The molecule has 1 aromatic carbocycles. The fraction of sp³-hybridized carbons (Fsp3) is 0.632. The summed E-state index contributed by atoms with van der Waals surface area (Å²) in [5.41, 5.74) is 2.89. The highest BCUT2D eigenvalue weighted by Crippen LogP contribution is 2.35. The van der Waals surface area contributed by atoms with E-state index in [-0.39, 0.29) is 5.91 Å². The molecule has 23 heavy (non-hydrogen) atoms. The highest BCUT2D eigenvalue weighted by Gasteiger charge is 2.39. The fourth-order valence-corrected chi connectivity index (χ4v) is 3.96. The first-order chi connectivity index (χ1) is 11.1. The van der Waals surface area contributed by atoms with Crippen LogP contribution >= 0.6 is 0 Å². The number of nitrogens with one attached hydrogen (secondary N) is 1. The summed E-state index contributed by atoms with van der Waals surface area (Å²) in [5, 5.41) is 3.47. The Morgan fingerprint density at radius 2 is 2.09 bits per heavy atom. The predicted octanol–water partition coefficient (Wildman–Crippen LogP) is 2.03. The van der Waals surface area contributed by atoms with Gasteiger partial charge in [0.1, 0.15) is 0 Å². The Bertz CT molecular complexity index is 534. The van der Waals surface area contributed by atoms with Crippen LogP contribution in [0, 0.1) is 12.3 Å². The smallest absolute Gasteiger partial charge is 0.236 e. The van der Waals surface area contributed by atoms with Gasteiger partial charge in [-0.15, -0.1) is 0 Å². The first-order valence-corrected chi connectivity index (χ1v) is 8.79. The molecular weight excluding hydrogens is 286 g/mol. The number of hydrogen-bond acceptors (Lipinski definition) is 3. The van der Waals surface area contributed by atoms with Gasteiger partial charge >= 0.3 is 0 Å². The van der Waals surface area contributed by atoms with Crippen LogP contribution in [0.15, 0.2) is 24.3 Å². The van der Waals surface area contributed by atoms with E-state index in [4.69, 9.17) is 0 Å². The van der Waals surface area contributed by atoms with Gasteiger partial charge in [0.25, 0.3) is 0 Å². The Kier molecular flexibility index (Phi) is 5.02. The maximum Gasteiger partial charge on any atom is 0.236 e. The molecule has 1 aromatic rings. The lowest BCUT2D eigenvalue weighted by Gasteiger charge is -2.40. The molecule has 0 aromatic heterocycles. The number of aryl methyl sites for hydroxylation is 1. The standard InChI is InChI=1S/C19H29N3O/c1-16-4-6-17(7-5-16)12-21(2)13-18(23)22-11-3-8-19(15-22)9-10-20-14-19/h4-7,20H,3,8-15H2,1-2H3/t19-/m1/s1. The van der Waals surface area contributed by atoms with Crippen molar-refractivity contribution in [3.8, 4) is 0 Å². The van der Waals surface area contributed by atoms with E-state index >= 15 is 0 Å². The monoisotopic (exact) mass is 315 g/mol. The zero-order valence-electron chi connectivity index (χ0n) is 14.5. The first-order valence-electron chi connectivity index (χ1n) is 8.79. The number of rotatable bonds is 4. The molecule has 0 radical (unpaired) electrons. The van der Waals surface area contributed by atoms with E-state index < -0.39 is 0 Å². The van der Waals surface area contributed by atoms with E-state index in [2.05, 4.69) is 46.3 Å². The summed E-state index contributed by atoms with van der Waals surface area (Å²) < 4.78 is 0. The lowest BCUT2D eigenvalue weighted by molar-refractivity contribution is -0.135. The molecule has 0 unspecified atom stereocenters. The third kappa shape index (κ3) is 4.12. The Morgan fingerprint density at radius 1 is 1.30 bits per heavy atom. The van der Waals surface area contributed by atoms with Crippen LogP contribution in [0.2, 0.25) is 0 Å². The van der Waals surface area contributed by atoms with E-state index in [1.54, 1.807) is 0 Å². The zero-order chi connectivity index (χ0) is 16.3. The normalized spacial score (nSPS) is 24.6. The van der Waals surface area contributed by atoms with Gasteiger partial charge in [0, 0.05) is 31.6 Å². The van der Waals surface area contributed by atoms with Crippen molar-refractivity contribution in [2.45, 2.75) is 32.7 Å². The van der Waals surface area contributed by atoms with E-state index in [9.17, 15) is 4.79 Å². The van der Waals surface area contributed by atoms with Crippen molar-refractivity contribution in [1.29, 1.82) is 0 Å². The van der Waals surface area contributed by atoms with E-state index in [1.165, 1.54) is 24.0 Å². The van der Waals surface area contributed by atoms with Crippen LogP contribution in [-0.2, 0) is 11.3 Å². The number of nitrogens with zero attached hydrogens (tertiary/aromatic N) is 2. The van der Waals surface area contributed by atoms with Gasteiger partial charge in [-0.1, -0.05) is 29.8 Å². The molecule has 2 fully saturated rings. The lowest BCUT2D eigenvalue weighted by atomic mass is 9.79. The number of likely N-dealkylation sites (tertiary alicyclic amines) is 1. The molecule has 4 nitrogen and oxygen atoms in total.